The van der Waals surface area contributed by atoms with E-state index in [0.717, 1.165) is 13.0 Å². The average Bonchev–Trinajstić information content (AvgIpc) is 3.15. The summed E-state index contributed by atoms with van der Waals surface area (Å²) in [4.78, 5) is 14.1. The molecule has 0 amide bonds. The van der Waals surface area contributed by atoms with Crippen molar-refractivity contribution in [3.63, 3.8) is 0 Å². The second-order valence-corrected chi connectivity index (χ2v) is 6.09. The molecule has 3 rings (SSSR count). The van der Waals surface area contributed by atoms with Crippen molar-refractivity contribution in [3.8, 4) is 0 Å². The third-order valence-electron chi connectivity index (χ3n) is 4.53. The van der Waals surface area contributed by atoms with Gasteiger partial charge < -0.3 is 21.1 Å². The maximum Gasteiger partial charge on any atom is 0.345 e. The number of hydrogen-bond acceptors (Lipinski definition) is 6. The van der Waals surface area contributed by atoms with Crippen molar-refractivity contribution in [2.45, 2.75) is 38.3 Å². The molecule has 1 saturated carbocycles. The topological polar surface area (TPSA) is 99.4 Å². The Morgan fingerprint density at radius 2 is 2.14 bits per heavy atom. The maximum absolute atomic E-state index is 12.1. The summed E-state index contributed by atoms with van der Waals surface area (Å²) in [6, 6.07) is 0.321. The molecule has 1 aliphatic heterocycles. The highest BCUT2D eigenvalue weighted by Gasteiger charge is 2.35. The van der Waals surface area contributed by atoms with E-state index in [9.17, 15) is 4.79 Å². The Kier molecular flexibility index (Phi) is 3.52. The number of nitrogens with two attached hydrogens (primary N) is 2. The summed E-state index contributed by atoms with van der Waals surface area (Å²) >= 11 is 0. The van der Waals surface area contributed by atoms with Gasteiger partial charge in [-0.15, -0.1) is 0 Å². The van der Waals surface area contributed by atoms with Gasteiger partial charge in [0, 0.05) is 19.1 Å². The van der Waals surface area contributed by atoms with Gasteiger partial charge in [0.15, 0.2) is 5.82 Å². The molecule has 2 fully saturated rings. The van der Waals surface area contributed by atoms with Crippen LogP contribution in [0, 0.1) is 5.92 Å². The second-order valence-electron chi connectivity index (χ2n) is 6.09. The van der Waals surface area contributed by atoms with E-state index < -0.39 is 5.97 Å². The molecule has 7 heteroatoms. The van der Waals surface area contributed by atoms with Crippen LogP contribution in [0.25, 0.3) is 0 Å². The smallest absolute Gasteiger partial charge is 0.345 e. The van der Waals surface area contributed by atoms with Crippen LogP contribution < -0.4 is 16.4 Å². The number of methoxy groups -OCH3 is 1. The summed E-state index contributed by atoms with van der Waals surface area (Å²) in [6.45, 7) is 3.58. The number of esters is 1. The zero-order valence-electron chi connectivity index (χ0n) is 12.6. The highest BCUT2D eigenvalue weighted by atomic mass is 16.5. The van der Waals surface area contributed by atoms with Gasteiger partial charge in [-0.05, 0) is 32.1 Å². The van der Waals surface area contributed by atoms with Crippen molar-refractivity contribution in [1.29, 1.82) is 0 Å². The first-order valence-electron chi connectivity index (χ1n) is 7.49. The van der Waals surface area contributed by atoms with Crippen LogP contribution in [0.1, 0.15) is 42.6 Å². The van der Waals surface area contributed by atoms with Crippen molar-refractivity contribution in [2.24, 2.45) is 11.7 Å². The standard InChI is InChI=1S/C14H23N5O2/c1-8(9-3-4-9)19-12(16)11(14(20)21-2)13(17-19)18-6-5-10(15)7-18/h8-10H,3-7,15-16H2,1-2H3. The molecule has 0 bridgehead atoms. The summed E-state index contributed by atoms with van der Waals surface area (Å²) in [5.41, 5.74) is 12.5. The lowest BCUT2D eigenvalue weighted by molar-refractivity contribution is 0.0602. The third kappa shape index (κ3) is 2.46. The van der Waals surface area contributed by atoms with Crippen molar-refractivity contribution in [3.05, 3.63) is 5.56 Å². The van der Waals surface area contributed by atoms with Gasteiger partial charge in [0.05, 0.1) is 13.2 Å². The summed E-state index contributed by atoms with van der Waals surface area (Å²) in [5, 5.41) is 4.62. The second kappa shape index (κ2) is 5.22. The molecule has 2 heterocycles. The number of aromatic nitrogens is 2. The maximum atomic E-state index is 12.1. The fourth-order valence-corrected chi connectivity index (χ4v) is 3.02. The Hall–Kier alpha value is -1.76. The first kappa shape index (κ1) is 14.2. The Labute approximate surface area is 124 Å². The Bertz CT molecular complexity index is 552. The number of nitrogen functional groups attached to an aromatic ring is 1. The lowest BCUT2D eigenvalue weighted by Crippen LogP contribution is -2.27. The molecule has 2 unspecified atom stereocenters. The zero-order valence-corrected chi connectivity index (χ0v) is 12.6. The number of anilines is 2. The molecule has 1 aliphatic carbocycles. The van der Waals surface area contributed by atoms with Gasteiger partial charge in [-0.2, -0.15) is 5.10 Å². The zero-order chi connectivity index (χ0) is 15.1. The van der Waals surface area contributed by atoms with E-state index in [4.69, 9.17) is 16.2 Å². The summed E-state index contributed by atoms with van der Waals surface area (Å²) in [6.07, 6.45) is 3.28. The fourth-order valence-electron chi connectivity index (χ4n) is 3.02. The minimum atomic E-state index is -0.433. The van der Waals surface area contributed by atoms with E-state index in [-0.39, 0.29) is 12.1 Å². The van der Waals surface area contributed by atoms with Crippen molar-refractivity contribution < 1.29 is 9.53 Å². The van der Waals surface area contributed by atoms with E-state index in [2.05, 4.69) is 12.0 Å². The third-order valence-corrected chi connectivity index (χ3v) is 4.53. The first-order valence-corrected chi connectivity index (χ1v) is 7.49. The summed E-state index contributed by atoms with van der Waals surface area (Å²) in [5.74, 6) is 1.18. The summed E-state index contributed by atoms with van der Waals surface area (Å²) in [7, 11) is 1.36. The van der Waals surface area contributed by atoms with E-state index in [1.165, 1.54) is 20.0 Å². The number of carbonyl (C=O) groups is 1. The van der Waals surface area contributed by atoms with Crippen LogP contribution in [0.2, 0.25) is 0 Å². The SMILES string of the molecule is COC(=O)c1c(N2CCC(N)C2)nn(C(C)C2CC2)c1N. The van der Waals surface area contributed by atoms with Crippen LogP contribution in [0.4, 0.5) is 11.6 Å². The van der Waals surface area contributed by atoms with Crippen LogP contribution in [0.5, 0.6) is 0 Å². The number of carbonyl (C=O) groups excluding carboxylic acids is 1. The van der Waals surface area contributed by atoms with Gasteiger partial charge in [0.2, 0.25) is 0 Å². The van der Waals surface area contributed by atoms with Gasteiger partial charge in [0.1, 0.15) is 11.4 Å². The molecular weight excluding hydrogens is 270 g/mol. The minimum Gasteiger partial charge on any atom is -0.465 e. The predicted molar refractivity (Wildman–Crippen MR) is 80.2 cm³/mol. The van der Waals surface area contributed by atoms with E-state index in [0.29, 0.717) is 29.7 Å². The molecule has 1 aromatic heterocycles. The van der Waals surface area contributed by atoms with Crippen LogP contribution in [-0.2, 0) is 4.74 Å². The van der Waals surface area contributed by atoms with Crippen molar-refractivity contribution >= 4 is 17.6 Å². The van der Waals surface area contributed by atoms with Crippen molar-refractivity contribution in [1.82, 2.24) is 9.78 Å². The molecule has 116 valence electrons. The van der Waals surface area contributed by atoms with Crippen molar-refractivity contribution in [2.75, 3.05) is 30.8 Å². The number of hydrogen-bond donors (Lipinski definition) is 2. The van der Waals surface area contributed by atoms with Gasteiger partial charge >= 0.3 is 5.97 Å². The van der Waals surface area contributed by atoms with Gasteiger partial charge in [0.25, 0.3) is 0 Å². The van der Waals surface area contributed by atoms with Crippen LogP contribution in [0.15, 0.2) is 0 Å². The first-order chi connectivity index (χ1) is 10.0. The quantitative estimate of drug-likeness (QED) is 0.795. The predicted octanol–water partition coefficient (Wildman–Crippen LogP) is 0.760. The molecule has 1 saturated heterocycles. The number of rotatable bonds is 4. The van der Waals surface area contributed by atoms with Gasteiger partial charge in [-0.3, -0.25) is 0 Å². The van der Waals surface area contributed by atoms with E-state index in [1.807, 2.05) is 4.90 Å². The lowest BCUT2D eigenvalue weighted by atomic mass is 10.2. The summed E-state index contributed by atoms with van der Waals surface area (Å²) < 4.78 is 6.66. The lowest BCUT2D eigenvalue weighted by Gasteiger charge is -2.16. The molecule has 2 atom stereocenters. The molecule has 1 aromatic rings. The number of ether oxygens (including phenoxy) is 1. The van der Waals surface area contributed by atoms with Crippen LogP contribution >= 0.6 is 0 Å². The Morgan fingerprint density at radius 3 is 2.67 bits per heavy atom. The average molecular weight is 293 g/mol. The fraction of sp³-hybridized carbons (Fsp3) is 0.714. The molecule has 0 radical (unpaired) electrons. The number of nitrogens with zero attached hydrogens (tertiary/aromatic N) is 3. The van der Waals surface area contributed by atoms with E-state index in [1.54, 1.807) is 4.68 Å². The largest absolute Gasteiger partial charge is 0.465 e. The van der Waals surface area contributed by atoms with Gasteiger partial charge in [-0.25, -0.2) is 9.48 Å². The Morgan fingerprint density at radius 1 is 1.43 bits per heavy atom. The van der Waals surface area contributed by atoms with E-state index >= 15 is 0 Å². The molecule has 21 heavy (non-hydrogen) atoms. The molecule has 2 aliphatic rings. The normalized spacial score (nSPS) is 23.4. The monoisotopic (exact) mass is 293 g/mol. The molecular formula is C14H23N5O2. The Balaban J connectivity index is 2.00. The molecule has 0 spiro atoms. The molecule has 0 aromatic carbocycles. The van der Waals surface area contributed by atoms with Crippen LogP contribution in [0.3, 0.4) is 0 Å². The van der Waals surface area contributed by atoms with Crippen LogP contribution in [-0.4, -0.2) is 42.0 Å². The highest BCUT2D eigenvalue weighted by molar-refractivity contribution is 5.99. The van der Waals surface area contributed by atoms with Gasteiger partial charge in [-0.1, -0.05) is 0 Å². The molecule has 7 nitrogen and oxygen atoms in total. The highest BCUT2D eigenvalue weighted by Crippen LogP contribution is 2.41. The molecule has 4 N–H and O–H groups in total. The minimum absolute atomic E-state index is 0.114.